The zero-order valence-corrected chi connectivity index (χ0v) is 11.4. The molecule has 2 unspecified atom stereocenters. The number of halogens is 2. The lowest BCUT2D eigenvalue weighted by Crippen LogP contribution is -2.32. The van der Waals surface area contributed by atoms with Gasteiger partial charge in [-0.25, -0.2) is 4.39 Å². The number of nitrogens with zero attached hydrogens (tertiary/aromatic N) is 1. The zero-order valence-electron chi connectivity index (χ0n) is 9.83. The molecule has 0 spiro atoms. The van der Waals surface area contributed by atoms with Gasteiger partial charge in [0.25, 0.3) is 5.91 Å². The fourth-order valence-corrected chi connectivity index (χ4v) is 3.37. The van der Waals surface area contributed by atoms with Gasteiger partial charge in [-0.05, 0) is 46.0 Å². The van der Waals surface area contributed by atoms with Crippen molar-refractivity contribution in [1.82, 2.24) is 10.2 Å². The van der Waals surface area contributed by atoms with Crippen molar-refractivity contribution in [1.29, 1.82) is 0 Å². The summed E-state index contributed by atoms with van der Waals surface area (Å²) >= 11 is 3.26. The number of fused-ring (bicyclic) bond motifs is 1. The maximum Gasteiger partial charge on any atom is 0.255 e. The summed E-state index contributed by atoms with van der Waals surface area (Å²) < 4.78 is 13.5. The average molecular weight is 313 g/mol. The van der Waals surface area contributed by atoms with E-state index in [4.69, 9.17) is 0 Å². The highest BCUT2D eigenvalue weighted by molar-refractivity contribution is 9.10. The average Bonchev–Trinajstić information content (AvgIpc) is 2.87. The van der Waals surface area contributed by atoms with Crippen LogP contribution in [-0.4, -0.2) is 37.0 Å². The van der Waals surface area contributed by atoms with Crippen LogP contribution < -0.4 is 5.32 Å². The Morgan fingerprint density at radius 2 is 2.00 bits per heavy atom. The first-order valence-corrected chi connectivity index (χ1v) is 6.89. The number of amides is 1. The lowest BCUT2D eigenvalue weighted by Gasteiger charge is -2.18. The molecule has 1 aromatic carbocycles. The van der Waals surface area contributed by atoms with Crippen molar-refractivity contribution < 1.29 is 9.18 Å². The van der Waals surface area contributed by atoms with Crippen LogP contribution in [0.1, 0.15) is 10.4 Å². The molecular weight excluding hydrogens is 299 g/mol. The highest BCUT2D eigenvalue weighted by Crippen LogP contribution is 2.29. The van der Waals surface area contributed by atoms with Crippen LogP contribution in [0.3, 0.4) is 0 Å². The Balaban J connectivity index is 1.79. The van der Waals surface area contributed by atoms with Gasteiger partial charge < -0.3 is 10.2 Å². The van der Waals surface area contributed by atoms with Crippen molar-refractivity contribution in [3.05, 3.63) is 34.1 Å². The molecule has 2 aliphatic rings. The first kappa shape index (κ1) is 12.1. The molecular formula is C13H14BrFN2O. The van der Waals surface area contributed by atoms with Gasteiger partial charge in [0.05, 0.1) is 5.56 Å². The van der Waals surface area contributed by atoms with E-state index in [1.807, 2.05) is 4.90 Å². The molecule has 1 N–H and O–H groups in total. The van der Waals surface area contributed by atoms with Crippen LogP contribution in [0.15, 0.2) is 22.7 Å². The van der Waals surface area contributed by atoms with E-state index >= 15 is 0 Å². The van der Waals surface area contributed by atoms with E-state index in [2.05, 4.69) is 21.2 Å². The van der Waals surface area contributed by atoms with Gasteiger partial charge >= 0.3 is 0 Å². The number of likely N-dealkylation sites (tertiary alicyclic amines) is 1. The zero-order chi connectivity index (χ0) is 12.7. The topological polar surface area (TPSA) is 32.3 Å². The van der Waals surface area contributed by atoms with Gasteiger partial charge in [-0.3, -0.25) is 4.79 Å². The van der Waals surface area contributed by atoms with Crippen molar-refractivity contribution in [2.24, 2.45) is 11.8 Å². The van der Waals surface area contributed by atoms with Gasteiger partial charge in [0.2, 0.25) is 0 Å². The molecule has 0 saturated carbocycles. The van der Waals surface area contributed by atoms with Crippen LogP contribution >= 0.6 is 15.9 Å². The molecule has 0 aromatic heterocycles. The predicted molar refractivity (Wildman–Crippen MR) is 69.9 cm³/mol. The third-order valence-electron chi connectivity index (χ3n) is 3.84. The molecule has 1 aromatic rings. The van der Waals surface area contributed by atoms with Gasteiger partial charge in [0, 0.05) is 30.7 Å². The van der Waals surface area contributed by atoms with Gasteiger partial charge in [0.15, 0.2) is 0 Å². The molecule has 2 heterocycles. The molecule has 2 aliphatic heterocycles. The van der Waals surface area contributed by atoms with E-state index in [1.165, 1.54) is 12.1 Å². The second kappa shape index (κ2) is 4.63. The molecule has 0 bridgehead atoms. The van der Waals surface area contributed by atoms with E-state index in [9.17, 15) is 9.18 Å². The molecule has 2 atom stereocenters. The summed E-state index contributed by atoms with van der Waals surface area (Å²) in [6.45, 7) is 3.61. The van der Waals surface area contributed by atoms with E-state index in [0.29, 0.717) is 21.9 Å². The first-order valence-electron chi connectivity index (χ1n) is 6.10. The maximum absolute atomic E-state index is 13.0. The third-order valence-corrected chi connectivity index (χ3v) is 4.49. The van der Waals surface area contributed by atoms with Gasteiger partial charge in [-0.2, -0.15) is 0 Å². The predicted octanol–water partition coefficient (Wildman–Crippen LogP) is 1.88. The molecule has 3 rings (SSSR count). The van der Waals surface area contributed by atoms with E-state index < -0.39 is 0 Å². The van der Waals surface area contributed by atoms with E-state index in [0.717, 1.165) is 26.2 Å². The third kappa shape index (κ3) is 2.06. The Bertz CT molecular complexity index is 482. The summed E-state index contributed by atoms with van der Waals surface area (Å²) in [5.74, 6) is 0.818. The number of carbonyl (C=O) groups is 1. The van der Waals surface area contributed by atoms with Crippen LogP contribution in [0.4, 0.5) is 4.39 Å². The van der Waals surface area contributed by atoms with Crippen LogP contribution in [-0.2, 0) is 0 Å². The van der Waals surface area contributed by atoms with E-state index in [1.54, 1.807) is 6.07 Å². The second-order valence-electron chi connectivity index (χ2n) is 5.01. The van der Waals surface area contributed by atoms with Gasteiger partial charge in [-0.1, -0.05) is 0 Å². The maximum atomic E-state index is 13.0. The van der Waals surface area contributed by atoms with Crippen molar-refractivity contribution in [2.75, 3.05) is 26.2 Å². The molecule has 0 radical (unpaired) electrons. The lowest BCUT2D eigenvalue weighted by atomic mass is 10.0. The lowest BCUT2D eigenvalue weighted by molar-refractivity contribution is 0.0781. The minimum atomic E-state index is -0.332. The summed E-state index contributed by atoms with van der Waals surface area (Å²) in [5, 5.41) is 3.35. The number of carbonyl (C=O) groups excluding carboxylic acids is 1. The van der Waals surface area contributed by atoms with Gasteiger partial charge in [0.1, 0.15) is 5.82 Å². The van der Waals surface area contributed by atoms with Crippen molar-refractivity contribution >= 4 is 21.8 Å². The smallest absolute Gasteiger partial charge is 0.255 e. The number of hydrogen-bond acceptors (Lipinski definition) is 2. The molecule has 0 aliphatic carbocycles. The van der Waals surface area contributed by atoms with Crippen molar-refractivity contribution in [3.8, 4) is 0 Å². The Morgan fingerprint density at radius 1 is 1.33 bits per heavy atom. The minimum Gasteiger partial charge on any atom is -0.338 e. The molecule has 18 heavy (non-hydrogen) atoms. The summed E-state index contributed by atoms with van der Waals surface area (Å²) in [4.78, 5) is 14.2. The SMILES string of the molecule is O=C(c1ccc(F)cc1Br)N1CC2CNCC2C1. The second-order valence-corrected chi connectivity index (χ2v) is 5.87. The van der Waals surface area contributed by atoms with Crippen LogP contribution in [0.5, 0.6) is 0 Å². The molecule has 5 heteroatoms. The number of hydrogen-bond donors (Lipinski definition) is 1. The largest absolute Gasteiger partial charge is 0.338 e. The van der Waals surface area contributed by atoms with Crippen LogP contribution in [0.2, 0.25) is 0 Å². The quantitative estimate of drug-likeness (QED) is 0.859. The standard InChI is InChI=1S/C13H14BrFN2O/c14-12-3-10(15)1-2-11(12)13(18)17-6-8-4-16-5-9(8)7-17/h1-3,8-9,16H,4-7H2. The summed E-state index contributed by atoms with van der Waals surface area (Å²) in [6, 6.07) is 4.22. The summed E-state index contributed by atoms with van der Waals surface area (Å²) in [6.07, 6.45) is 0. The van der Waals surface area contributed by atoms with Crippen molar-refractivity contribution in [3.63, 3.8) is 0 Å². The number of benzene rings is 1. The highest BCUT2D eigenvalue weighted by Gasteiger charge is 2.38. The molecule has 1 amide bonds. The van der Waals surface area contributed by atoms with Crippen LogP contribution in [0.25, 0.3) is 0 Å². The fraction of sp³-hybridized carbons (Fsp3) is 0.462. The Hall–Kier alpha value is -0.940. The Kier molecular flexibility index (Phi) is 3.11. The highest BCUT2D eigenvalue weighted by atomic mass is 79.9. The van der Waals surface area contributed by atoms with Crippen molar-refractivity contribution in [2.45, 2.75) is 0 Å². The summed E-state index contributed by atoms with van der Waals surface area (Å²) in [5.41, 5.74) is 0.546. The van der Waals surface area contributed by atoms with Crippen LogP contribution in [0, 0.1) is 17.7 Å². The molecule has 2 saturated heterocycles. The fourth-order valence-electron chi connectivity index (χ4n) is 2.85. The number of nitrogens with one attached hydrogen (secondary N) is 1. The Morgan fingerprint density at radius 3 is 2.61 bits per heavy atom. The van der Waals surface area contributed by atoms with E-state index in [-0.39, 0.29) is 11.7 Å². The first-order chi connectivity index (χ1) is 8.65. The number of rotatable bonds is 1. The van der Waals surface area contributed by atoms with Gasteiger partial charge in [-0.15, -0.1) is 0 Å². The Labute approximate surface area is 113 Å². The molecule has 3 nitrogen and oxygen atoms in total. The molecule has 2 fully saturated rings. The molecule has 96 valence electrons. The monoisotopic (exact) mass is 312 g/mol. The minimum absolute atomic E-state index is 0.00345. The summed E-state index contributed by atoms with van der Waals surface area (Å²) in [7, 11) is 0. The normalized spacial score (nSPS) is 26.4.